The van der Waals surface area contributed by atoms with E-state index in [1.165, 1.54) is 12.3 Å². The first kappa shape index (κ1) is 14.0. The Labute approximate surface area is 101 Å². The highest BCUT2D eigenvalue weighted by atomic mass is 16.5. The van der Waals surface area contributed by atoms with Crippen molar-refractivity contribution in [1.29, 1.82) is 0 Å². The highest BCUT2D eigenvalue weighted by molar-refractivity contribution is 6.61. The summed E-state index contributed by atoms with van der Waals surface area (Å²) in [5.74, 6) is 0.0176. The van der Waals surface area contributed by atoms with Crippen LogP contribution in [0.5, 0.6) is 0 Å². The minimum absolute atomic E-state index is 0.0176. The van der Waals surface area contributed by atoms with Crippen LogP contribution in [-0.4, -0.2) is 34.7 Å². The summed E-state index contributed by atoms with van der Waals surface area (Å²) in [5.41, 5.74) is -1.87. The van der Waals surface area contributed by atoms with Gasteiger partial charge in [0.2, 0.25) is 0 Å². The second kappa shape index (κ2) is 4.64. The Kier molecular flexibility index (Phi) is 3.81. The van der Waals surface area contributed by atoms with Crippen LogP contribution in [0, 0.1) is 0 Å². The Morgan fingerprint density at radius 2 is 2.00 bits per heavy atom. The van der Waals surface area contributed by atoms with Gasteiger partial charge in [0, 0.05) is 5.46 Å². The molecule has 1 rings (SSSR count). The van der Waals surface area contributed by atoms with Crippen LogP contribution < -0.4 is 5.46 Å². The fourth-order valence-electron chi connectivity index (χ4n) is 1.12. The van der Waals surface area contributed by atoms with Crippen molar-refractivity contribution in [2.45, 2.75) is 38.9 Å². The van der Waals surface area contributed by atoms with E-state index in [9.17, 15) is 14.9 Å². The lowest BCUT2D eigenvalue weighted by molar-refractivity contribution is -0.0982. The smallest absolute Gasteiger partial charge is 0.462 e. The Balaban J connectivity index is 2.86. The van der Waals surface area contributed by atoms with E-state index in [0.29, 0.717) is 6.29 Å². The molecule has 0 amide bonds. The van der Waals surface area contributed by atoms with E-state index < -0.39 is 18.3 Å². The summed E-state index contributed by atoms with van der Waals surface area (Å²) in [6.07, 6.45) is 1.79. The average Bonchev–Trinajstić information content (AvgIpc) is 2.62. The standard InChI is InChI=1S/C11H17BO5/c1-10(2,14)11(3,4)17-12(15)8-5-6-16-9(8)7-13/h5-7,14-15H,1-4H3. The number of aliphatic hydroxyl groups is 1. The summed E-state index contributed by atoms with van der Waals surface area (Å²) in [6, 6.07) is 1.45. The second-order valence-corrected chi connectivity index (χ2v) is 4.90. The van der Waals surface area contributed by atoms with Gasteiger partial charge in [0.05, 0.1) is 17.5 Å². The normalized spacial score (nSPS) is 12.6. The highest BCUT2D eigenvalue weighted by Crippen LogP contribution is 2.25. The van der Waals surface area contributed by atoms with Crippen LogP contribution >= 0.6 is 0 Å². The molecule has 0 spiro atoms. The molecule has 0 aromatic carbocycles. The minimum atomic E-state index is -1.32. The molecule has 0 fully saturated rings. The van der Waals surface area contributed by atoms with E-state index in [2.05, 4.69) is 0 Å². The summed E-state index contributed by atoms with van der Waals surface area (Å²) >= 11 is 0. The monoisotopic (exact) mass is 240 g/mol. The van der Waals surface area contributed by atoms with E-state index in [4.69, 9.17) is 9.07 Å². The van der Waals surface area contributed by atoms with Crippen molar-refractivity contribution in [2.75, 3.05) is 0 Å². The SMILES string of the molecule is CC(C)(O)C(C)(C)OB(O)c1ccoc1C=O. The maximum Gasteiger partial charge on any atom is 0.495 e. The third-order valence-electron chi connectivity index (χ3n) is 2.98. The Morgan fingerprint density at radius 1 is 1.41 bits per heavy atom. The van der Waals surface area contributed by atoms with Gasteiger partial charge >= 0.3 is 7.12 Å². The Morgan fingerprint density at radius 3 is 2.47 bits per heavy atom. The molecule has 0 aliphatic carbocycles. The van der Waals surface area contributed by atoms with E-state index in [1.807, 2.05) is 0 Å². The number of aldehydes is 1. The molecule has 0 saturated heterocycles. The first-order valence-electron chi connectivity index (χ1n) is 5.30. The third kappa shape index (κ3) is 2.97. The van der Waals surface area contributed by atoms with Gasteiger partial charge in [-0.2, -0.15) is 0 Å². The largest absolute Gasteiger partial charge is 0.495 e. The van der Waals surface area contributed by atoms with Crippen LogP contribution in [0.3, 0.4) is 0 Å². The van der Waals surface area contributed by atoms with Crippen LogP contribution in [0.15, 0.2) is 16.7 Å². The Bertz CT molecular complexity index is 391. The maximum atomic E-state index is 10.6. The number of rotatable bonds is 5. The van der Waals surface area contributed by atoms with Gasteiger partial charge in [-0.25, -0.2) is 0 Å². The van der Waals surface area contributed by atoms with Crippen LogP contribution in [0.2, 0.25) is 0 Å². The van der Waals surface area contributed by atoms with Crippen LogP contribution in [0.4, 0.5) is 0 Å². The molecule has 1 heterocycles. The molecule has 6 heteroatoms. The summed E-state index contributed by atoms with van der Waals surface area (Å²) in [5, 5.41) is 19.8. The van der Waals surface area contributed by atoms with Crippen molar-refractivity contribution >= 4 is 18.9 Å². The molecule has 0 aliphatic rings. The lowest BCUT2D eigenvalue weighted by Gasteiger charge is -2.38. The second-order valence-electron chi connectivity index (χ2n) is 4.90. The van der Waals surface area contributed by atoms with Crippen LogP contribution in [-0.2, 0) is 4.65 Å². The highest BCUT2D eigenvalue weighted by Gasteiger charge is 2.40. The first-order chi connectivity index (χ1) is 7.69. The lowest BCUT2D eigenvalue weighted by Crippen LogP contribution is -2.53. The van der Waals surface area contributed by atoms with Crippen LogP contribution in [0.1, 0.15) is 38.2 Å². The molecule has 17 heavy (non-hydrogen) atoms. The van der Waals surface area contributed by atoms with Crippen molar-refractivity contribution in [1.82, 2.24) is 0 Å². The molecule has 94 valence electrons. The molecule has 1 aromatic heterocycles. The average molecular weight is 240 g/mol. The molecule has 0 saturated carbocycles. The van der Waals surface area contributed by atoms with Gasteiger partial charge in [0.1, 0.15) is 0 Å². The zero-order valence-corrected chi connectivity index (χ0v) is 10.4. The number of hydrogen-bond donors (Lipinski definition) is 2. The van der Waals surface area contributed by atoms with Gasteiger partial charge in [-0.05, 0) is 33.8 Å². The van der Waals surface area contributed by atoms with Crippen molar-refractivity contribution in [3.63, 3.8) is 0 Å². The minimum Gasteiger partial charge on any atom is -0.462 e. The molecule has 5 nitrogen and oxygen atoms in total. The first-order valence-corrected chi connectivity index (χ1v) is 5.30. The van der Waals surface area contributed by atoms with Crippen molar-refractivity contribution in [3.05, 3.63) is 18.1 Å². The summed E-state index contributed by atoms with van der Waals surface area (Å²) in [7, 11) is -1.32. The summed E-state index contributed by atoms with van der Waals surface area (Å²) in [4.78, 5) is 10.6. The predicted molar refractivity (Wildman–Crippen MR) is 63.2 cm³/mol. The van der Waals surface area contributed by atoms with E-state index in [1.54, 1.807) is 27.7 Å². The zero-order valence-electron chi connectivity index (χ0n) is 10.4. The zero-order chi connectivity index (χ0) is 13.3. The molecular weight excluding hydrogens is 223 g/mol. The van der Waals surface area contributed by atoms with Gasteiger partial charge in [0.15, 0.2) is 12.0 Å². The van der Waals surface area contributed by atoms with Gasteiger partial charge in [-0.15, -0.1) is 0 Å². The number of hydrogen-bond acceptors (Lipinski definition) is 5. The summed E-state index contributed by atoms with van der Waals surface area (Å²) in [6.45, 7) is 6.46. The summed E-state index contributed by atoms with van der Waals surface area (Å²) < 4.78 is 10.2. The molecule has 0 unspecified atom stereocenters. The van der Waals surface area contributed by atoms with Crippen molar-refractivity contribution < 1.29 is 24.0 Å². The Hall–Kier alpha value is -1.11. The number of carbonyl (C=O) groups excluding carboxylic acids is 1. The number of carbonyl (C=O) groups is 1. The van der Waals surface area contributed by atoms with Gasteiger partial charge in [0.25, 0.3) is 0 Å². The molecule has 0 aliphatic heterocycles. The molecule has 0 bridgehead atoms. The van der Waals surface area contributed by atoms with Gasteiger partial charge < -0.3 is 19.2 Å². The van der Waals surface area contributed by atoms with E-state index in [-0.39, 0.29) is 11.2 Å². The van der Waals surface area contributed by atoms with Gasteiger partial charge in [-0.1, -0.05) is 0 Å². The van der Waals surface area contributed by atoms with Crippen molar-refractivity contribution in [3.8, 4) is 0 Å². The fraction of sp³-hybridized carbons (Fsp3) is 0.545. The third-order valence-corrected chi connectivity index (χ3v) is 2.98. The molecule has 2 N–H and O–H groups in total. The fourth-order valence-corrected chi connectivity index (χ4v) is 1.12. The van der Waals surface area contributed by atoms with Crippen molar-refractivity contribution in [2.24, 2.45) is 0 Å². The van der Waals surface area contributed by atoms with E-state index >= 15 is 0 Å². The molecule has 0 radical (unpaired) electrons. The topological polar surface area (TPSA) is 79.9 Å². The quantitative estimate of drug-likeness (QED) is 0.573. The van der Waals surface area contributed by atoms with Crippen LogP contribution in [0.25, 0.3) is 0 Å². The molecular formula is C11H17BO5. The lowest BCUT2D eigenvalue weighted by atomic mass is 9.76. The molecule has 1 aromatic rings. The maximum absolute atomic E-state index is 10.6. The predicted octanol–water partition coefficient (Wildman–Crippen LogP) is 0.346. The molecule has 0 atom stereocenters. The van der Waals surface area contributed by atoms with Gasteiger partial charge in [-0.3, -0.25) is 4.79 Å². The number of furan rings is 1. The van der Waals surface area contributed by atoms with E-state index in [0.717, 1.165) is 0 Å².